The summed E-state index contributed by atoms with van der Waals surface area (Å²) >= 11 is 11.9. The van der Waals surface area contributed by atoms with Crippen LogP contribution < -0.4 is 0 Å². The van der Waals surface area contributed by atoms with Gasteiger partial charge in [0.15, 0.2) is 0 Å². The van der Waals surface area contributed by atoms with E-state index in [4.69, 9.17) is 27.9 Å². The predicted octanol–water partition coefficient (Wildman–Crippen LogP) is 4.30. The summed E-state index contributed by atoms with van der Waals surface area (Å²) in [5, 5.41) is 11.5. The standard InChI is InChI=1S/C15H12Cl2O2/c16-11-5-10(6-12(17)7-11)14(18)15-13-4-2-1-3-9(13)8-19-15/h1-7,14-15,18H,8H2/t14-,15-/m1/s1. The zero-order valence-corrected chi connectivity index (χ0v) is 11.5. The number of ether oxygens (including phenoxy) is 1. The summed E-state index contributed by atoms with van der Waals surface area (Å²) in [5.41, 5.74) is 2.80. The molecule has 3 rings (SSSR count). The van der Waals surface area contributed by atoms with Crippen LogP contribution in [0.3, 0.4) is 0 Å². The van der Waals surface area contributed by atoms with Crippen molar-refractivity contribution >= 4 is 23.2 Å². The number of hydrogen-bond donors (Lipinski definition) is 1. The molecule has 0 aliphatic carbocycles. The number of rotatable bonds is 2. The van der Waals surface area contributed by atoms with Crippen LogP contribution in [0.2, 0.25) is 10.0 Å². The van der Waals surface area contributed by atoms with Crippen LogP contribution in [0, 0.1) is 0 Å². The molecule has 0 saturated heterocycles. The lowest BCUT2D eigenvalue weighted by atomic mass is 9.97. The Hall–Kier alpha value is -1.06. The fourth-order valence-corrected chi connectivity index (χ4v) is 2.94. The van der Waals surface area contributed by atoms with Crippen molar-refractivity contribution < 1.29 is 9.84 Å². The Morgan fingerprint density at radius 2 is 1.79 bits per heavy atom. The summed E-state index contributed by atoms with van der Waals surface area (Å²) < 4.78 is 5.68. The molecule has 0 aromatic heterocycles. The molecule has 0 amide bonds. The summed E-state index contributed by atoms with van der Waals surface area (Å²) in [6.07, 6.45) is -1.15. The number of hydrogen-bond acceptors (Lipinski definition) is 2. The maximum atomic E-state index is 10.5. The monoisotopic (exact) mass is 294 g/mol. The quantitative estimate of drug-likeness (QED) is 0.895. The van der Waals surface area contributed by atoms with Crippen molar-refractivity contribution in [3.8, 4) is 0 Å². The third-order valence-electron chi connectivity index (χ3n) is 3.29. The first kappa shape index (κ1) is 12.9. The van der Waals surface area contributed by atoms with Crippen molar-refractivity contribution in [2.24, 2.45) is 0 Å². The number of benzene rings is 2. The smallest absolute Gasteiger partial charge is 0.113 e. The molecule has 1 aliphatic rings. The van der Waals surface area contributed by atoms with Gasteiger partial charge in [-0.3, -0.25) is 0 Å². The molecule has 1 N–H and O–H groups in total. The maximum Gasteiger partial charge on any atom is 0.113 e. The Morgan fingerprint density at radius 1 is 1.11 bits per heavy atom. The van der Waals surface area contributed by atoms with Gasteiger partial charge in [-0.2, -0.15) is 0 Å². The molecule has 0 radical (unpaired) electrons. The lowest BCUT2D eigenvalue weighted by Gasteiger charge is -2.19. The van der Waals surface area contributed by atoms with Crippen molar-refractivity contribution in [3.05, 3.63) is 69.2 Å². The van der Waals surface area contributed by atoms with Gasteiger partial charge in [-0.05, 0) is 34.9 Å². The zero-order chi connectivity index (χ0) is 13.4. The molecular formula is C15H12Cl2O2. The molecule has 4 heteroatoms. The topological polar surface area (TPSA) is 29.5 Å². The molecule has 2 nitrogen and oxygen atoms in total. The van der Waals surface area contributed by atoms with Crippen LogP contribution in [0.25, 0.3) is 0 Å². The third-order valence-corrected chi connectivity index (χ3v) is 3.73. The van der Waals surface area contributed by atoms with E-state index in [-0.39, 0.29) is 6.10 Å². The Bertz CT molecular complexity index is 593. The second-order valence-corrected chi connectivity index (χ2v) is 5.45. The molecule has 0 unspecified atom stereocenters. The molecular weight excluding hydrogens is 283 g/mol. The first-order chi connectivity index (χ1) is 9.15. The zero-order valence-electron chi connectivity index (χ0n) is 10.0. The van der Waals surface area contributed by atoms with Gasteiger partial charge in [0.1, 0.15) is 12.2 Å². The van der Waals surface area contributed by atoms with Crippen LogP contribution >= 0.6 is 23.2 Å². The van der Waals surface area contributed by atoms with Gasteiger partial charge in [0.25, 0.3) is 0 Å². The van der Waals surface area contributed by atoms with E-state index in [0.29, 0.717) is 22.2 Å². The third kappa shape index (κ3) is 2.49. The molecule has 0 spiro atoms. The average Bonchev–Trinajstić information content (AvgIpc) is 2.80. The van der Waals surface area contributed by atoms with Crippen molar-refractivity contribution in [2.75, 3.05) is 0 Å². The SMILES string of the molecule is O[C@H](c1cc(Cl)cc(Cl)c1)[C@@H]1OCc2ccccc21. The Balaban J connectivity index is 1.95. The van der Waals surface area contributed by atoms with Crippen LogP contribution in [0.1, 0.15) is 28.9 Å². The van der Waals surface area contributed by atoms with Crippen molar-refractivity contribution in [3.63, 3.8) is 0 Å². The highest BCUT2D eigenvalue weighted by Crippen LogP contribution is 2.40. The minimum absolute atomic E-state index is 0.370. The molecule has 0 saturated carbocycles. The lowest BCUT2D eigenvalue weighted by molar-refractivity contribution is -0.0314. The maximum absolute atomic E-state index is 10.5. The molecule has 2 aromatic rings. The molecule has 19 heavy (non-hydrogen) atoms. The van der Waals surface area contributed by atoms with E-state index < -0.39 is 6.10 Å². The summed E-state index contributed by atoms with van der Waals surface area (Å²) in [5.74, 6) is 0. The van der Waals surface area contributed by atoms with E-state index in [9.17, 15) is 5.11 Å². The van der Waals surface area contributed by atoms with E-state index in [1.807, 2.05) is 24.3 Å². The van der Waals surface area contributed by atoms with E-state index >= 15 is 0 Å². The van der Waals surface area contributed by atoms with Crippen molar-refractivity contribution in [2.45, 2.75) is 18.8 Å². The normalized spacial score (nSPS) is 19.2. The van der Waals surface area contributed by atoms with Gasteiger partial charge in [0.2, 0.25) is 0 Å². The second kappa shape index (κ2) is 5.14. The minimum atomic E-state index is -0.778. The molecule has 98 valence electrons. The van der Waals surface area contributed by atoms with Crippen molar-refractivity contribution in [1.82, 2.24) is 0 Å². The van der Waals surface area contributed by atoms with E-state index in [2.05, 4.69) is 0 Å². The van der Waals surface area contributed by atoms with Crippen LogP contribution in [0.5, 0.6) is 0 Å². The summed E-state index contributed by atoms with van der Waals surface area (Å²) in [4.78, 5) is 0. The summed E-state index contributed by atoms with van der Waals surface area (Å²) in [6.45, 7) is 0.520. The molecule has 2 atom stereocenters. The predicted molar refractivity (Wildman–Crippen MR) is 75.4 cm³/mol. The highest BCUT2D eigenvalue weighted by atomic mass is 35.5. The molecule has 2 aromatic carbocycles. The molecule has 1 aliphatic heterocycles. The first-order valence-electron chi connectivity index (χ1n) is 5.98. The highest BCUT2D eigenvalue weighted by Gasteiger charge is 2.30. The highest BCUT2D eigenvalue weighted by molar-refractivity contribution is 6.34. The van der Waals surface area contributed by atoms with Gasteiger partial charge in [0, 0.05) is 10.0 Å². The van der Waals surface area contributed by atoms with E-state index in [1.54, 1.807) is 18.2 Å². The van der Waals surface area contributed by atoms with Gasteiger partial charge >= 0.3 is 0 Å². The fraction of sp³-hybridized carbons (Fsp3) is 0.200. The number of aliphatic hydroxyl groups excluding tert-OH is 1. The van der Waals surface area contributed by atoms with E-state index in [0.717, 1.165) is 11.1 Å². The number of aliphatic hydroxyl groups is 1. The minimum Gasteiger partial charge on any atom is -0.385 e. The van der Waals surface area contributed by atoms with Gasteiger partial charge in [0.05, 0.1) is 6.61 Å². The summed E-state index contributed by atoms with van der Waals surface area (Å²) in [7, 11) is 0. The lowest BCUT2D eigenvalue weighted by Crippen LogP contribution is -2.09. The van der Waals surface area contributed by atoms with Crippen LogP contribution in [0.15, 0.2) is 42.5 Å². The van der Waals surface area contributed by atoms with Gasteiger partial charge in [-0.15, -0.1) is 0 Å². The summed E-state index contributed by atoms with van der Waals surface area (Å²) in [6, 6.07) is 13.0. The second-order valence-electron chi connectivity index (χ2n) is 4.58. The molecule has 0 bridgehead atoms. The van der Waals surface area contributed by atoms with Gasteiger partial charge in [-0.25, -0.2) is 0 Å². The number of halogens is 2. The Kier molecular flexibility index (Phi) is 3.50. The fourth-order valence-electron chi connectivity index (χ4n) is 2.39. The number of fused-ring (bicyclic) bond motifs is 1. The van der Waals surface area contributed by atoms with Crippen LogP contribution in [0.4, 0.5) is 0 Å². The van der Waals surface area contributed by atoms with E-state index in [1.165, 1.54) is 0 Å². The van der Waals surface area contributed by atoms with Gasteiger partial charge in [-0.1, -0.05) is 47.5 Å². The van der Waals surface area contributed by atoms with Gasteiger partial charge < -0.3 is 9.84 Å². The van der Waals surface area contributed by atoms with Crippen molar-refractivity contribution in [1.29, 1.82) is 0 Å². The van der Waals surface area contributed by atoms with Crippen LogP contribution in [-0.4, -0.2) is 5.11 Å². The molecule has 0 fully saturated rings. The molecule has 1 heterocycles. The average molecular weight is 295 g/mol. The largest absolute Gasteiger partial charge is 0.385 e. The Labute approximate surface area is 121 Å². The van der Waals surface area contributed by atoms with Crippen LogP contribution in [-0.2, 0) is 11.3 Å². The first-order valence-corrected chi connectivity index (χ1v) is 6.74. The Morgan fingerprint density at radius 3 is 2.53 bits per heavy atom.